The van der Waals surface area contributed by atoms with E-state index in [9.17, 15) is 34.1 Å². The Hall–Kier alpha value is -2.56. The molecule has 0 heterocycles. The molecule has 0 rings (SSSR count). The third-order valence-electron chi connectivity index (χ3n) is 11.4. The van der Waals surface area contributed by atoms with Crippen molar-refractivity contribution < 1.29 is 47.8 Å². The highest BCUT2D eigenvalue weighted by atomic mass is 31.2. The van der Waals surface area contributed by atoms with E-state index in [1.165, 1.54) is 148 Å². The van der Waals surface area contributed by atoms with E-state index in [0.717, 1.165) is 44.9 Å². The van der Waals surface area contributed by atoms with Crippen LogP contribution in [0.3, 0.4) is 0 Å². The van der Waals surface area contributed by atoms with Crippen molar-refractivity contribution in [2.24, 2.45) is 0 Å². The molecule has 3 unspecified atom stereocenters. The Morgan fingerprint density at radius 3 is 1.29 bits per heavy atom. The topological polar surface area (TPSA) is 169 Å². The van der Waals surface area contributed by atoms with Crippen LogP contribution in [0.1, 0.15) is 239 Å². The predicted molar refractivity (Wildman–Crippen MR) is 268 cm³/mol. The van der Waals surface area contributed by atoms with Gasteiger partial charge in [0.1, 0.15) is 12.7 Å². The normalized spacial score (nSPS) is 13.9. The number of amides is 1. The smallest absolute Gasteiger partial charge is 0.472 e. The summed E-state index contributed by atoms with van der Waals surface area (Å²) < 4.78 is 26.9. The summed E-state index contributed by atoms with van der Waals surface area (Å²) in [6, 6.07) is -1.55. The predicted octanol–water partition coefficient (Wildman–Crippen LogP) is 14.5. The number of phosphoric acid groups is 1. The Labute approximate surface area is 396 Å². The zero-order chi connectivity index (χ0) is 47.7. The van der Waals surface area contributed by atoms with Crippen molar-refractivity contribution in [1.82, 2.24) is 5.32 Å². The fraction of sp³-hybridized carbons (Fsp3) is 0.792. The molecular weight excluding hydrogens is 842 g/mol. The average molecular weight is 938 g/mol. The van der Waals surface area contributed by atoms with Crippen LogP contribution in [0.2, 0.25) is 0 Å². The van der Waals surface area contributed by atoms with Gasteiger partial charge in [-0.05, 0) is 51.4 Å². The Morgan fingerprint density at radius 2 is 0.862 bits per heavy atom. The maximum absolute atomic E-state index is 12.4. The maximum Gasteiger partial charge on any atom is 0.472 e. The van der Waals surface area contributed by atoms with Crippen LogP contribution < -0.4 is 5.32 Å². The summed E-state index contributed by atoms with van der Waals surface area (Å²) in [5, 5.41) is 21.9. The highest BCUT2D eigenvalue weighted by Crippen LogP contribution is 2.43. The summed E-state index contributed by atoms with van der Waals surface area (Å²) in [7, 11) is -4.77. The number of nitrogens with one attached hydrogen (secondary N) is 1. The number of hydrogen-bond acceptors (Lipinski definition) is 8. The third-order valence-corrected chi connectivity index (χ3v) is 12.3. The van der Waals surface area contributed by atoms with Crippen LogP contribution in [0.4, 0.5) is 0 Å². The number of allylic oxidation sites excluding steroid dienone is 8. The van der Waals surface area contributed by atoms with Gasteiger partial charge in [0.25, 0.3) is 0 Å². The van der Waals surface area contributed by atoms with Crippen LogP contribution in [-0.2, 0) is 32.7 Å². The minimum Gasteiger partial charge on any atom is -0.480 e. The molecule has 378 valence electrons. The van der Waals surface area contributed by atoms with Crippen molar-refractivity contribution in [2.75, 3.05) is 19.8 Å². The van der Waals surface area contributed by atoms with Gasteiger partial charge in [-0.2, -0.15) is 0 Å². The van der Waals surface area contributed by atoms with E-state index in [-0.39, 0.29) is 12.8 Å². The van der Waals surface area contributed by atoms with E-state index >= 15 is 0 Å². The molecule has 0 radical (unpaired) electrons. The number of carbonyl (C=O) groups excluding carboxylic acids is 2. The number of carbonyl (C=O) groups is 3. The molecule has 0 bridgehead atoms. The number of aliphatic carboxylic acids is 1. The van der Waals surface area contributed by atoms with E-state index in [0.29, 0.717) is 19.3 Å². The highest BCUT2D eigenvalue weighted by molar-refractivity contribution is 7.47. The second kappa shape index (κ2) is 47.9. The van der Waals surface area contributed by atoms with Crippen LogP contribution in [0, 0.1) is 0 Å². The van der Waals surface area contributed by atoms with Gasteiger partial charge >= 0.3 is 19.8 Å². The molecule has 1 amide bonds. The molecule has 0 aliphatic heterocycles. The molecule has 0 aromatic carbocycles. The lowest BCUT2D eigenvalue weighted by molar-refractivity contribution is -0.147. The van der Waals surface area contributed by atoms with Gasteiger partial charge in [0.2, 0.25) is 5.91 Å². The molecule has 3 atom stereocenters. The van der Waals surface area contributed by atoms with Crippen LogP contribution in [0.25, 0.3) is 0 Å². The molecule has 0 aliphatic carbocycles. The van der Waals surface area contributed by atoms with Gasteiger partial charge in [0.05, 0.1) is 13.2 Å². The molecule has 12 heteroatoms. The van der Waals surface area contributed by atoms with Gasteiger partial charge in [-0.25, -0.2) is 9.36 Å². The molecular formula is C53H96NO10P. The van der Waals surface area contributed by atoms with Crippen LogP contribution in [0.15, 0.2) is 48.6 Å². The zero-order valence-electron chi connectivity index (χ0n) is 41.3. The number of ether oxygens (including phenoxy) is 1. The summed E-state index contributed by atoms with van der Waals surface area (Å²) >= 11 is 0. The van der Waals surface area contributed by atoms with Crippen LogP contribution >= 0.6 is 7.82 Å². The van der Waals surface area contributed by atoms with E-state index in [4.69, 9.17) is 13.8 Å². The number of phosphoric ester groups is 1. The number of carboxylic acid groups (broad SMARTS) is 1. The first kappa shape index (κ1) is 62.4. The second-order valence-corrected chi connectivity index (χ2v) is 19.2. The van der Waals surface area contributed by atoms with Gasteiger partial charge in [0.15, 0.2) is 6.04 Å². The summed E-state index contributed by atoms with van der Waals surface area (Å²) in [5.74, 6) is -2.42. The van der Waals surface area contributed by atoms with Gasteiger partial charge in [-0.3, -0.25) is 18.6 Å². The lowest BCUT2D eigenvalue weighted by Gasteiger charge is -2.18. The first-order valence-electron chi connectivity index (χ1n) is 26.2. The first-order chi connectivity index (χ1) is 31.6. The molecule has 0 saturated carbocycles. The monoisotopic (exact) mass is 938 g/mol. The molecule has 4 N–H and O–H groups in total. The van der Waals surface area contributed by atoms with Crippen molar-refractivity contribution in [1.29, 1.82) is 0 Å². The fourth-order valence-electron chi connectivity index (χ4n) is 7.31. The van der Waals surface area contributed by atoms with Gasteiger partial charge in [-0.15, -0.1) is 0 Å². The van der Waals surface area contributed by atoms with Gasteiger partial charge < -0.3 is 25.2 Å². The number of aliphatic hydroxyl groups is 1. The molecule has 0 aliphatic rings. The zero-order valence-corrected chi connectivity index (χ0v) is 42.2. The lowest BCUT2D eigenvalue weighted by Crippen LogP contribution is -2.43. The standard InChI is InChI=1S/C53H96NO10P/c1-3-5-7-9-11-13-15-17-19-21-22-23-24-25-26-27-29-30-32-34-36-38-40-42-44-51(56)54-50(53(58)59)48-64-65(60,61)63-47-49(55)46-62-52(57)45-43-41-39-37-35-33-31-28-20-18-16-14-12-10-8-6-4-2/h12,14,18,20,31,33,37,39,49-50,55H,3-11,13,15-17,19,21-30,32,34-36,38,40-48H2,1-2H3,(H,54,56)(H,58,59)(H,60,61)/b14-12-,20-18-,33-31-,39-37-. The molecule has 11 nitrogen and oxygen atoms in total. The molecule has 0 aromatic heterocycles. The summed E-state index contributed by atoms with van der Waals surface area (Å²) in [6.07, 6.45) is 55.8. The van der Waals surface area contributed by atoms with Gasteiger partial charge in [0, 0.05) is 12.8 Å². The number of unbranched alkanes of at least 4 members (excludes halogenated alkanes) is 27. The Bertz CT molecular complexity index is 1280. The van der Waals surface area contributed by atoms with E-state index < -0.39 is 57.6 Å². The molecule has 65 heavy (non-hydrogen) atoms. The molecule has 0 aromatic rings. The minimum absolute atomic E-state index is 0.145. The minimum atomic E-state index is -4.77. The Balaban J connectivity index is 3.84. The number of rotatable bonds is 49. The Morgan fingerprint density at radius 1 is 0.492 bits per heavy atom. The largest absolute Gasteiger partial charge is 0.480 e. The molecule has 0 spiro atoms. The fourth-order valence-corrected chi connectivity index (χ4v) is 8.08. The van der Waals surface area contributed by atoms with Crippen molar-refractivity contribution >= 4 is 25.7 Å². The first-order valence-corrected chi connectivity index (χ1v) is 27.7. The van der Waals surface area contributed by atoms with E-state index in [1.807, 2.05) is 12.2 Å². The maximum atomic E-state index is 12.4. The van der Waals surface area contributed by atoms with Crippen molar-refractivity contribution in [3.63, 3.8) is 0 Å². The van der Waals surface area contributed by atoms with Crippen LogP contribution in [-0.4, -0.2) is 64.9 Å². The Kier molecular flexibility index (Phi) is 46.0. The molecule has 0 saturated heterocycles. The van der Waals surface area contributed by atoms with Gasteiger partial charge in [-0.1, -0.05) is 223 Å². The summed E-state index contributed by atoms with van der Waals surface area (Å²) in [6.45, 7) is 2.55. The van der Waals surface area contributed by atoms with Crippen molar-refractivity contribution in [2.45, 2.75) is 251 Å². The lowest BCUT2D eigenvalue weighted by atomic mass is 10.0. The summed E-state index contributed by atoms with van der Waals surface area (Å²) in [4.78, 5) is 46.1. The van der Waals surface area contributed by atoms with Crippen molar-refractivity contribution in [3.8, 4) is 0 Å². The van der Waals surface area contributed by atoms with Crippen LogP contribution in [0.5, 0.6) is 0 Å². The number of carboxylic acids is 1. The SMILES string of the molecule is CCCCC/C=C\C/C=C\C/C=C\C/C=C\CCCC(=O)OCC(O)COP(=O)(O)OCC(NC(=O)CCCCCCCCCCCCCCCCCCCCCCCCCC)C(=O)O. The number of aliphatic hydroxyl groups excluding tert-OH is 1. The summed E-state index contributed by atoms with van der Waals surface area (Å²) in [5.41, 5.74) is 0. The number of hydrogen-bond donors (Lipinski definition) is 4. The number of esters is 1. The van der Waals surface area contributed by atoms with Crippen molar-refractivity contribution in [3.05, 3.63) is 48.6 Å². The second-order valence-electron chi connectivity index (χ2n) is 17.7. The average Bonchev–Trinajstić information content (AvgIpc) is 3.28. The molecule has 0 fully saturated rings. The third kappa shape index (κ3) is 47.7. The van der Waals surface area contributed by atoms with E-state index in [1.54, 1.807) is 0 Å². The quantitative estimate of drug-likeness (QED) is 0.0199. The highest BCUT2D eigenvalue weighted by Gasteiger charge is 2.28. The van der Waals surface area contributed by atoms with E-state index in [2.05, 4.69) is 55.6 Å².